The predicted octanol–water partition coefficient (Wildman–Crippen LogP) is 3.95. The summed E-state index contributed by atoms with van der Waals surface area (Å²) in [5.41, 5.74) is 7.79. The fourth-order valence-corrected chi connectivity index (χ4v) is 2.69. The van der Waals surface area contributed by atoms with Crippen LogP contribution in [0, 0.1) is 5.92 Å². The van der Waals surface area contributed by atoms with Crippen molar-refractivity contribution in [3.63, 3.8) is 0 Å². The Labute approximate surface area is 107 Å². The van der Waals surface area contributed by atoms with Crippen molar-refractivity contribution in [1.29, 1.82) is 0 Å². The van der Waals surface area contributed by atoms with Crippen molar-refractivity contribution in [2.45, 2.75) is 30.9 Å². The number of hydrogen-bond donors (Lipinski definition) is 1. The molecule has 1 atom stereocenters. The molecule has 0 amide bonds. The van der Waals surface area contributed by atoms with Crippen molar-refractivity contribution in [3.8, 4) is 0 Å². The number of nitrogens with zero attached hydrogens (tertiary/aromatic N) is 1. The molecule has 2 aromatic rings. The van der Waals surface area contributed by atoms with E-state index in [1.807, 2.05) is 36.2 Å². The smallest absolute Gasteiger partial charge is 0.0858 e. The summed E-state index contributed by atoms with van der Waals surface area (Å²) in [6, 6.07) is 8.01. The molecule has 1 aromatic heterocycles. The van der Waals surface area contributed by atoms with Gasteiger partial charge in [-0.3, -0.25) is 4.98 Å². The van der Waals surface area contributed by atoms with Crippen molar-refractivity contribution >= 4 is 28.4 Å². The van der Waals surface area contributed by atoms with E-state index in [0.717, 1.165) is 16.6 Å². The van der Waals surface area contributed by atoms with Gasteiger partial charge >= 0.3 is 0 Å². The number of nitrogens with two attached hydrogens (primary N) is 1. The van der Waals surface area contributed by atoms with Crippen LogP contribution >= 0.6 is 11.8 Å². The minimum atomic E-state index is 0.573. The predicted molar refractivity (Wildman–Crippen MR) is 76.3 cm³/mol. The van der Waals surface area contributed by atoms with Crippen LogP contribution in [-0.4, -0.2) is 10.2 Å². The molecule has 1 unspecified atom stereocenters. The Morgan fingerprint density at radius 1 is 1.18 bits per heavy atom. The van der Waals surface area contributed by atoms with Crippen LogP contribution in [0.3, 0.4) is 0 Å². The average molecular weight is 246 g/mol. The molecular weight excluding hydrogens is 228 g/mol. The Morgan fingerprint density at radius 2 is 1.94 bits per heavy atom. The van der Waals surface area contributed by atoms with Crippen LogP contribution in [0.1, 0.15) is 20.8 Å². The third-order valence-corrected chi connectivity index (χ3v) is 4.52. The zero-order valence-electron chi connectivity index (χ0n) is 10.5. The summed E-state index contributed by atoms with van der Waals surface area (Å²) in [4.78, 5) is 5.67. The number of benzene rings is 1. The number of anilines is 1. The first-order chi connectivity index (χ1) is 8.09. The molecule has 0 saturated heterocycles. The Hall–Kier alpha value is -1.22. The van der Waals surface area contributed by atoms with Crippen LogP contribution in [-0.2, 0) is 0 Å². The first kappa shape index (κ1) is 12.2. The lowest BCUT2D eigenvalue weighted by Gasteiger charge is -2.16. The molecule has 1 heterocycles. The van der Waals surface area contributed by atoms with E-state index < -0.39 is 0 Å². The second-order valence-corrected chi connectivity index (χ2v) is 6.04. The van der Waals surface area contributed by atoms with Gasteiger partial charge in [0.15, 0.2) is 0 Å². The number of aromatic nitrogens is 1. The molecule has 90 valence electrons. The number of thioether (sulfide) groups is 1. The summed E-state index contributed by atoms with van der Waals surface area (Å²) in [5.74, 6) is 0.649. The zero-order valence-corrected chi connectivity index (χ0v) is 11.3. The first-order valence-corrected chi connectivity index (χ1v) is 6.77. The molecule has 0 saturated carbocycles. The number of nitrogen functional groups attached to an aromatic ring is 1. The van der Waals surface area contributed by atoms with Gasteiger partial charge < -0.3 is 5.73 Å². The van der Waals surface area contributed by atoms with E-state index in [1.54, 1.807) is 0 Å². The van der Waals surface area contributed by atoms with Gasteiger partial charge in [0.25, 0.3) is 0 Å². The minimum absolute atomic E-state index is 0.573. The normalized spacial score (nSPS) is 13.2. The number of pyridine rings is 1. The lowest BCUT2D eigenvalue weighted by atomic mass is 10.1. The summed E-state index contributed by atoms with van der Waals surface area (Å²) in [6.45, 7) is 6.73. The number of fused-ring (bicyclic) bond motifs is 1. The van der Waals surface area contributed by atoms with Crippen LogP contribution in [0.4, 0.5) is 5.69 Å². The van der Waals surface area contributed by atoms with E-state index in [1.165, 1.54) is 4.90 Å². The molecule has 0 aliphatic rings. The van der Waals surface area contributed by atoms with Crippen LogP contribution in [0.15, 0.2) is 35.4 Å². The molecule has 2 rings (SSSR count). The first-order valence-electron chi connectivity index (χ1n) is 5.89. The average Bonchev–Trinajstić information content (AvgIpc) is 2.33. The van der Waals surface area contributed by atoms with Gasteiger partial charge in [-0.1, -0.05) is 20.8 Å². The molecule has 0 radical (unpaired) electrons. The molecule has 0 spiro atoms. The molecule has 2 N–H and O–H groups in total. The number of hydrogen-bond acceptors (Lipinski definition) is 3. The molecule has 1 aromatic carbocycles. The summed E-state index contributed by atoms with van der Waals surface area (Å²) < 4.78 is 0. The molecule has 0 fully saturated rings. The molecule has 0 aliphatic carbocycles. The highest BCUT2D eigenvalue weighted by atomic mass is 32.2. The SMILES string of the molecule is CC(C)C(C)Sc1ccc(N)c2cccnc12. The minimum Gasteiger partial charge on any atom is -0.398 e. The second-order valence-electron chi connectivity index (χ2n) is 4.62. The molecular formula is C14H18N2S. The molecule has 2 nitrogen and oxygen atoms in total. The van der Waals surface area contributed by atoms with Gasteiger partial charge in [-0.15, -0.1) is 11.8 Å². The Kier molecular flexibility index (Phi) is 3.57. The van der Waals surface area contributed by atoms with Crippen molar-refractivity contribution < 1.29 is 0 Å². The van der Waals surface area contributed by atoms with Gasteiger partial charge in [0.2, 0.25) is 0 Å². The topological polar surface area (TPSA) is 38.9 Å². The van der Waals surface area contributed by atoms with E-state index in [9.17, 15) is 0 Å². The Bertz CT molecular complexity index is 523. The van der Waals surface area contributed by atoms with Crippen molar-refractivity contribution in [1.82, 2.24) is 4.98 Å². The summed E-state index contributed by atoms with van der Waals surface area (Å²) in [7, 11) is 0. The summed E-state index contributed by atoms with van der Waals surface area (Å²) in [6.07, 6.45) is 1.83. The van der Waals surface area contributed by atoms with Crippen LogP contribution < -0.4 is 5.73 Å². The Balaban J connectivity index is 2.45. The highest BCUT2D eigenvalue weighted by molar-refractivity contribution is 8.00. The van der Waals surface area contributed by atoms with Crippen molar-refractivity contribution in [3.05, 3.63) is 30.5 Å². The van der Waals surface area contributed by atoms with Gasteiger partial charge in [-0.2, -0.15) is 0 Å². The van der Waals surface area contributed by atoms with Gasteiger partial charge in [0.05, 0.1) is 5.52 Å². The lowest BCUT2D eigenvalue weighted by molar-refractivity contribution is 0.642. The largest absolute Gasteiger partial charge is 0.398 e. The lowest BCUT2D eigenvalue weighted by Crippen LogP contribution is -2.05. The van der Waals surface area contributed by atoms with E-state index >= 15 is 0 Å². The highest BCUT2D eigenvalue weighted by Crippen LogP contribution is 2.34. The Morgan fingerprint density at radius 3 is 2.65 bits per heavy atom. The molecule has 0 bridgehead atoms. The maximum Gasteiger partial charge on any atom is 0.0858 e. The van der Waals surface area contributed by atoms with Crippen LogP contribution in [0.25, 0.3) is 10.9 Å². The van der Waals surface area contributed by atoms with Crippen molar-refractivity contribution in [2.75, 3.05) is 5.73 Å². The fourth-order valence-electron chi connectivity index (χ4n) is 1.60. The monoisotopic (exact) mass is 246 g/mol. The van der Waals surface area contributed by atoms with E-state index in [-0.39, 0.29) is 0 Å². The summed E-state index contributed by atoms with van der Waals surface area (Å²) in [5, 5.41) is 1.62. The van der Waals surface area contributed by atoms with Crippen LogP contribution in [0.5, 0.6) is 0 Å². The van der Waals surface area contributed by atoms with E-state index in [4.69, 9.17) is 5.73 Å². The quantitative estimate of drug-likeness (QED) is 0.658. The van der Waals surface area contributed by atoms with Crippen LogP contribution in [0.2, 0.25) is 0 Å². The van der Waals surface area contributed by atoms with Gasteiger partial charge in [0.1, 0.15) is 0 Å². The van der Waals surface area contributed by atoms with Gasteiger partial charge in [0, 0.05) is 27.4 Å². The van der Waals surface area contributed by atoms with Crippen molar-refractivity contribution in [2.24, 2.45) is 5.92 Å². The maximum absolute atomic E-state index is 5.97. The molecule has 3 heteroatoms. The maximum atomic E-state index is 5.97. The third-order valence-electron chi connectivity index (χ3n) is 3.02. The van der Waals surface area contributed by atoms with E-state index in [2.05, 4.69) is 31.8 Å². The fraction of sp³-hybridized carbons (Fsp3) is 0.357. The van der Waals surface area contributed by atoms with Gasteiger partial charge in [-0.05, 0) is 30.2 Å². The molecule has 17 heavy (non-hydrogen) atoms. The molecule has 0 aliphatic heterocycles. The van der Waals surface area contributed by atoms with E-state index in [0.29, 0.717) is 11.2 Å². The second kappa shape index (κ2) is 4.96. The number of rotatable bonds is 3. The van der Waals surface area contributed by atoms with Gasteiger partial charge in [-0.25, -0.2) is 0 Å². The summed E-state index contributed by atoms with van der Waals surface area (Å²) >= 11 is 1.87. The highest BCUT2D eigenvalue weighted by Gasteiger charge is 2.12. The third kappa shape index (κ3) is 2.55. The standard InChI is InChI=1S/C14H18N2S/c1-9(2)10(3)17-13-7-6-12(15)11-5-4-8-16-14(11)13/h4-10H,15H2,1-3H3. The zero-order chi connectivity index (χ0) is 12.4.